The molecule has 2 heterocycles. The maximum absolute atomic E-state index is 12.5. The topological polar surface area (TPSA) is 33.2 Å². The first-order valence-electron chi connectivity index (χ1n) is 9.08. The van der Waals surface area contributed by atoms with E-state index in [0.717, 1.165) is 42.2 Å². The molecule has 4 rings (SSSR count). The summed E-state index contributed by atoms with van der Waals surface area (Å²) in [6.45, 7) is 1.77. The molecule has 0 radical (unpaired) electrons. The minimum absolute atomic E-state index is 0.243. The summed E-state index contributed by atoms with van der Waals surface area (Å²) in [5, 5.41) is 0. The molecule has 26 heavy (non-hydrogen) atoms. The fourth-order valence-corrected chi connectivity index (χ4v) is 5.43. The zero-order chi connectivity index (χ0) is 17.8. The van der Waals surface area contributed by atoms with E-state index < -0.39 is 0 Å². The Balaban J connectivity index is 1.25. The number of nitrogens with zero attached hydrogens (tertiary/aromatic N) is 2. The number of aromatic nitrogens is 1. The summed E-state index contributed by atoms with van der Waals surface area (Å²) >= 11 is 3.24. The average molecular weight is 383 g/mol. The fourth-order valence-electron chi connectivity index (χ4n) is 3.46. The maximum Gasteiger partial charge on any atom is 0.233 e. The van der Waals surface area contributed by atoms with Crippen LogP contribution in [0.5, 0.6) is 0 Å². The van der Waals surface area contributed by atoms with Crippen LogP contribution in [-0.4, -0.2) is 34.6 Å². The van der Waals surface area contributed by atoms with E-state index in [1.54, 1.807) is 23.1 Å². The molecular weight excluding hydrogens is 360 g/mol. The second-order valence-electron chi connectivity index (χ2n) is 6.75. The van der Waals surface area contributed by atoms with Crippen LogP contribution in [-0.2, 0) is 11.2 Å². The molecule has 3 nitrogen and oxygen atoms in total. The Bertz CT molecular complexity index is 837. The van der Waals surface area contributed by atoms with Crippen LogP contribution in [0.3, 0.4) is 0 Å². The van der Waals surface area contributed by atoms with Crippen molar-refractivity contribution < 1.29 is 4.79 Å². The van der Waals surface area contributed by atoms with Crippen LogP contribution in [0.15, 0.2) is 58.9 Å². The van der Waals surface area contributed by atoms with E-state index in [9.17, 15) is 4.79 Å². The number of thioether (sulfide) groups is 1. The van der Waals surface area contributed by atoms with Gasteiger partial charge in [0, 0.05) is 13.1 Å². The number of hydrogen-bond acceptors (Lipinski definition) is 4. The van der Waals surface area contributed by atoms with E-state index >= 15 is 0 Å². The number of likely N-dealkylation sites (tertiary alicyclic amines) is 1. The Labute approximate surface area is 162 Å². The monoisotopic (exact) mass is 382 g/mol. The molecular formula is C21H22N2OS2. The van der Waals surface area contributed by atoms with Gasteiger partial charge in [-0.05, 0) is 42.9 Å². The van der Waals surface area contributed by atoms with Gasteiger partial charge in [-0.15, -0.1) is 11.3 Å². The van der Waals surface area contributed by atoms with Crippen LogP contribution >= 0.6 is 23.1 Å². The molecule has 0 aliphatic carbocycles. The van der Waals surface area contributed by atoms with Crippen LogP contribution in [0, 0.1) is 5.92 Å². The maximum atomic E-state index is 12.5. The predicted molar refractivity (Wildman–Crippen MR) is 110 cm³/mol. The minimum Gasteiger partial charge on any atom is -0.342 e. The highest BCUT2D eigenvalue weighted by molar-refractivity contribution is 8.01. The summed E-state index contributed by atoms with van der Waals surface area (Å²) in [5.74, 6) is 1.43. The van der Waals surface area contributed by atoms with Crippen LogP contribution in [0.4, 0.5) is 0 Å². The molecule has 0 atom stereocenters. The molecule has 1 fully saturated rings. The summed E-state index contributed by atoms with van der Waals surface area (Å²) < 4.78 is 2.17. The molecule has 0 bridgehead atoms. The van der Waals surface area contributed by atoms with Crippen molar-refractivity contribution in [3.63, 3.8) is 0 Å². The van der Waals surface area contributed by atoms with Crippen molar-refractivity contribution in [1.82, 2.24) is 9.88 Å². The van der Waals surface area contributed by atoms with Gasteiger partial charge in [-0.1, -0.05) is 54.2 Å². The lowest BCUT2D eigenvalue weighted by Gasteiger charge is -2.32. The standard InChI is InChI=1S/C21H22N2OS2/c24-20(15-25-21-22-18-8-4-5-9-19(18)26-21)23-12-10-17(11-13-23)14-16-6-2-1-3-7-16/h1-9,17H,10-15H2. The van der Waals surface area contributed by atoms with E-state index in [2.05, 4.69) is 41.4 Å². The Morgan fingerprint density at radius 2 is 1.81 bits per heavy atom. The number of thiazole rings is 1. The lowest BCUT2D eigenvalue weighted by molar-refractivity contribution is -0.129. The molecule has 0 spiro atoms. The van der Waals surface area contributed by atoms with Gasteiger partial charge < -0.3 is 4.90 Å². The zero-order valence-corrected chi connectivity index (χ0v) is 16.3. The largest absolute Gasteiger partial charge is 0.342 e. The van der Waals surface area contributed by atoms with Gasteiger partial charge in [0.25, 0.3) is 0 Å². The third-order valence-electron chi connectivity index (χ3n) is 4.93. The van der Waals surface area contributed by atoms with Crippen molar-refractivity contribution in [3.05, 3.63) is 60.2 Å². The second-order valence-corrected chi connectivity index (χ2v) is 9.00. The van der Waals surface area contributed by atoms with Crippen molar-refractivity contribution in [2.45, 2.75) is 23.6 Å². The Kier molecular flexibility index (Phi) is 5.56. The van der Waals surface area contributed by atoms with Gasteiger partial charge in [0.15, 0.2) is 4.34 Å². The Hall–Kier alpha value is -1.85. The molecule has 0 saturated carbocycles. The number of hydrogen-bond donors (Lipinski definition) is 0. The number of carbonyl (C=O) groups is 1. The number of fused-ring (bicyclic) bond motifs is 1. The van der Waals surface area contributed by atoms with Crippen molar-refractivity contribution in [3.8, 4) is 0 Å². The molecule has 1 amide bonds. The molecule has 3 aromatic rings. The predicted octanol–water partition coefficient (Wildman–Crippen LogP) is 4.87. The first-order chi connectivity index (χ1) is 12.8. The average Bonchev–Trinajstić information content (AvgIpc) is 3.10. The minimum atomic E-state index is 0.243. The third-order valence-corrected chi connectivity index (χ3v) is 7.09. The summed E-state index contributed by atoms with van der Waals surface area (Å²) in [4.78, 5) is 19.2. The van der Waals surface area contributed by atoms with Gasteiger partial charge in [0.2, 0.25) is 5.91 Å². The molecule has 5 heteroatoms. The molecule has 1 aliphatic rings. The number of amides is 1. The van der Waals surface area contributed by atoms with Gasteiger partial charge in [-0.2, -0.15) is 0 Å². The fraction of sp³-hybridized carbons (Fsp3) is 0.333. The summed E-state index contributed by atoms with van der Waals surface area (Å²) in [5.41, 5.74) is 2.43. The summed E-state index contributed by atoms with van der Waals surface area (Å²) in [6, 6.07) is 18.8. The molecule has 0 N–H and O–H groups in total. The molecule has 2 aromatic carbocycles. The SMILES string of the molecule is O=C(CSc1nc2ccccc2s1)N1CCC(Cc2ccccc2)CC1. The van der Waals surface area contributed by atoms with E-state index in [0.29, 0.717) is 11.7 Å². The highest BCUT2D eigenvalue weighted by Gasteiger charge is 2.23. The first-order valence-corrected chi connectivity index (χ1v) is 10.9. The Morgan fingerprint density at radius 1 is 1.08 bits per heavy atom. The lowest BCUT2D eigenvalue weighted by atomic mass is 9.90. The quantitative estimate of drug-likeness (QED) is 0.590. The second kappa shape index (κ2) is 8.23. The van der Waals surface area contributed by atoms with E-state index in [-0.39, 0.29) is 5.91 Å². The van der Waals surface area contributed by atoms with Crippen molar-refractivity contribution in [2.24, 2.45) is 5.92 Å². The highest BCUT2D eigenvalue weighted by Crippen LogP contribution is 2.30. The van der Waals surface area contributed by atoms with Gasteiger partial charge in [0.1, 0.15) is 0 Å². The summed E-state index contributed by atoms with van der Waals surface area (Å²) in [7, 11) is 0. The molecule has 1 saturated heterocycles. The zero-order valence-electron chi connectivity index (χ0n) is 14.6. The smallest absolute Gasteiger partial charge is 0.233 e. The van der Waals surface area contributed by atoms with Crippen molar-refractivity contribution in [1.29, 1.82) is 0 Å². The Morgan fingerprint density at radius 3 is 2.58 bits per heavy atom. The van der Waals surface area contributed by atoms with Crippen LogP contribution < -0.4 is 0 Å². The summed E-state index contributed by atoms with van der Waals surface area (Å²) in [6.07, 6.45) is 3.34. The van der Waals surface area contributed by atoms with Gasteiger partial charge in [-0.3, -0.25) is 4.79 Å². The number of para-hydroxylation sites is 1. The van der Waals surface area contributed by atoms with Crippen molar-refractivity contribution in [2.75, 3.05) is 18.8 Å². The third kappa shape index (κ3) is 4.27. The molecule has 1 aliphatic heterocycles. The molecule has 0 unspecified atom stereocenters. The van der Waals surface area contributed by atoms with E-state index in [4.69, 9.17) is 0 Å². The van der Waals surface area contributed by atoms with E-state index in [1.807, 2.05) is 23.1 Å². The van der Waals surface area contributed by atoms with Gasteiger partial charge in [0.05, 0.1) is 16.0 Å². The number of benzene rings is 2. The first kappa shape index (κ1) is 17.6. The number of piperidine rings is 1. The van der Waals surface area contributed by atoms with Gasteiger partial charge in [-0.25, -0.2) is 4.98 Å². The van der Waals surface area contributed by atoms with Crippen LogP contribution in [0.25, 0.3) is 10.2 Å². The number of carbonyl (C=O) groups excluding carboxylic acids is 1. The van der Waals surface area contributed by atoms with Crippen molar-refractivity contribution >= 4 is 39.2 Å². The van der Waals surface area contributed by atoms with E-state index in [1.165, 1.54) is 10.3 Å². The molecule has 134 valence electrons. The van der Waals surface area contributed by atoms with Crippen LogP contribution in [0.2, 0.25) is 0 Å². The van der Waals surface area contributed by atoms with Crippen LogP contribution in [0.1, 0.15) is 18.4 Å². The van der Waals surface area contributed by atoms with Gasteiger partial charge >= 0.3 is 0 Å². The molecule has 1 aromatic heterocycles. The normalized spacial score (nSPS) is 15.5. The number of rotatable bonds is 5. The lowest BCUT2D eigenvalue weighted by Crippen LogP contribution is -2.39. The highest BCUT2D eigenvalue weighted by atomic mass is 32.2.